The molecule has 0 saturated heterocycles. The number of hydrogen-bond acceptors (Lipinski definition) is 2. The molecule has 0 unspecified atom stereocenters. The van der Waals surface area contributed by atoms with Crippen LogP contribution in [0.3, 0.4) is 0 Å². The Bertz CT molecular complexity index is 542. The molecule has 0 amide bonds. The monoisotopic (exact) mass is 425 g/mol. The average Bonchev–Trinajstić information content (AvgIpc) is 3.03. The summed E-state index contributed by atoms with van der Waals surface area (Å²) in [5, 5.41) is 3.64. The first-order valence-corrected chi connectivity index (χ1v) is 17.4. The topological polar surface area (TPSA) is 12.9 Å². The molecule has 0 aromatic carbocycles. The van der Waals surface area contributed by atoms with Crippen LogP contribution in [0.15, 0.2) is 23.8 Å². The summed E-state index contributed by atoms with van der Waals surface area (Å²) in [5.41, 5.74) is 0. The molecule has 0 atom stereocenters. The van der Waals surface area contributed by atoms with Crippen molar-refractivity contribution in [2.24, 2.45) is 0 Å². The van der Waals surface area contributed by atoms with Crippen molar-refractivity contribution < 1.29 is 0 Å². The summed E-state index contributed by atoms with van der Waals surface area (Å²) in [7, 11) is 0. The molecule has 0 bridgehead atoms. The van der Waals surface area contributed by atoms with E-state index in [1.807, 2.05) is 11.3 Å². The predicted molar refractivity (Wildman–Crippen MR) is 104 cm³/mol. The van der Waals surface area contributed by atoms with Crippen LogP contribution in [0, 0.1) is 0 Å². The minimum absolute atomic E-state index is 1.34. The van der Waals surface area contributed by atoms with Crippen LogP contribution >= 0.6 is 11.3 Å². The second kappa shape index (κ2) is 9.26. The fourth-order valence-corrected chi connectivity index (χ4v) is 22.4. The zero-order valence-electron chi connectivity index (χ0n) is 14.5. The van der Waals surface area contributed by atoms with Gasteiger partial charge in [-0.25, -0.2) is 0 Å². The molecule has 3 heteroatoms. The Hall–Kier alpha value is -0.0913. The number of aromatic nitrogens is 1. The van der Waals surface area contributed by atoms with E-state index in [1.165, 1.54) is 57.2 Å². The molecular weight excluding hydrogens is 393 g/mol. The first-order chi connectivity index (χ1) is 10.8. The van der Waals surface area contributed by atoms with Crippen LogP contribution < -0.4 is 3.58 Å². The third kappa shape index (κ3) is 4.25. The van der Waals surface area contributed by atoms with E-state index in [2.05, 4.69) is 49.6 Å². The van der Waals surface area contributed by atoms with Gasteiger partial charge in [0.1, 0.15) is 0 Å². The molecule has 0 N–H and O–H groups in total. The summed E-state index contributed by atoms with van der Waals surface area (Å²) in [6.45, 7) is 7.04. The quantitative estimate of drug-likeness (QED) is 0.405. The number of hydrogen-bond donors (Lipinski definition) is 0. The van der Waals surface area contributed by atoms with E-state index in [1.54, 1.807) is 8.28 Å². The normalized spacial score (nSPS) is 12.1. The van der Waals surface area contributed by atoms with Gasteiger partial charge in [-0.1, -0.05) is 0 Å². The zero-order chi connectivity index (χ0) is 15.8. The summed E-state index contributed by atoms with van der Waals surface area (Å²) in [5.74, 6) is 0. The summed E-state index contributed by atoms with van der Waals surface area (Å²) in [4.78, 5) is 4.63. The van der Waals surface area contributed by atoms with Crippen molar-refractivity contribution in [3.63, 3.8) is 0 Å². The molecule has 2 aromatic heterocycles. The van der Waals surface area contributed by atoms with Crippen LogP contribution in [-0.2, 0) is 0 Å². The summed E-state index contributed by atoms with van der Waals surface area (Å²) in [6.07, 6.45) is 12.6. The molecule has 22 heavy (non-hydrogen) atoms. The summed E-state index contributed by atoms with van der Waals surface area (Å²) < 4.78 is 7.92. The summed E-state index contributed by atoms with van der Waals surface area (Å²) >= 11 is -0.363. The molecule has 0 aliphatic rings. The second-order valence-electron chi connectivity index (χ2n) is 6.62. The van der Waals surface area contributed by atoms with Crippen molar-refractivity contribution in [1.82, 2.24) is 4.98 Å². The van der Waals surface area contributed by atoms with Crippen molar-refractivity contribution in [3.05, 3.63) is 23.8 Å². The van der Waals surface area contributed by atoms with Gasteiger partial charge in [0.15, 0.2) is 0 Å². The van der Waals surface area contributed by atoms with Crippen LogP contribution in [0.25, 0.3) is 10.1 Å². The molecule has 0 radical (unpaired) electrons. The minimum atomic E-state index is -2.32. The van der Waals surface area contributed by atoms with Crippen LogP contribution in [-0.4, -0.2) is 23.4 Å². The number of fused-ring (bicyclic) bond motifs is 1. The molecule has 2 aromatic rings. The molecule has 0 spiro atoms. The SMILES string of the molecule is CCC[CH2][Sn]([CH2]CCC)([CH2]CCC)[c]1cncc2ccsc12. The molecule has 122 valence electrons. The van der Waals surface area contributed by atoms with Gasteiger partial charge in [0.25, 0.3) is 0 Å². The van der Waals surface area contributed by atoms with Crippen molar-refractivity contribution in [2.75, 3.05) is 0 Å². The zero-order valence-corrected chi connectivity index (χ0v) is 18.2. The van der Waals surface area contributed by atoms with Crippen LogP contribution in [0.1, 0.15) is 59.3 Å². The van der Waals surface area contributed by atoms with E-state index >= 15 is 0 Å². The molecule has 2 rings (SSSR count). The van der Waals surface area contributed by atoms with Crippen molar-refractivity contribution >= 4 is 43.4 Å². The van der Waals surface area contributed by atoms with E-state index in [0.717, 1.165) is 0 Å². The number of unbranched alkanes of at least 4 members (excludes halogenated alkanes) is 3. The Morgan fingerprint density at radius 1 is 0.909 bits per heavy atom. The molecule has 0 aliphatic heterocycles. The average molecular weight is 424 g/mol. The Labute approximate surface area is 144 Å². The van der Waals surface area contributed by atoms with Crippen molar-refractivity contribution in [2.45, 2.75) is 72.6 Å². The third-order valence-electron chi connectivity index (χ3n) is 4.96. The van der Waals surface area contributed by atoms with E-state index in [0.29, 0.717) is 0 Å². The molecule has 0 fully saturated rings. The van der Waals surface area contributed by atoms with Crippen LogP contribution in [0.2, 0.25) is 13.3 Å². The Balaban J connectivity index is 2.45. The second-order valence-corrected chi connectivity index (χ2v) is 20.7. The third-order valence-corrected chi connectivity index (χ3v) is 22.0. The van der Waals surface area contributed by atoms with Gasteiger partial charge in [0.05, 0.1) is 0 Å². The first-order valence-electron chi connectivity index (χ1n) is 9.09. The van der Waals surface area contributed by atoms with E-state index in [4.69, 9.17) is 0 Å². The van der Waals surface area contributed by atoms with Gasteiger partial charge in [-0.2, -0.15) is 0 Å². The number of nitrogens with zero attached hydrogens (tertiary/aromatic N) is 1. The summed E-state index contributed by atoms with van der Waals surface area (Å²) in [6, 6.07) is 2.26. The number of pyridine rings is 1. The molecule has 0 aliphatic carbocycles. The van der Waals surface area contributed by atoms with Crippen molar-refractivity contribution in [3.8, 4) is 0 Å². The van der Waals surface area contributed by atoms with Crippen LogP contribution in [0.4, 0.5) is 0 Å². The van der Waals surface area contributed by atoms with Gasteiger partial charge in [-0.15, -0.1) is 0 Å². The number of thiophene rings is 1. The maximum absolute atomic E-state index is 4.63. The van der Waals surface area contributed by atoms with Gasteiger partial charge in [0, 0.05) is 0 Å². The fourth-order valence-electron chi connectivity index (χ4n) is 3.59. The van der Waals surface area contributed by atoms with E-state index in [-0.39, 0.29) is 0 Å². The van der Waals surface area contributed by atoms with E-state index < -0.39 is 18.4 Å². The molecule has 2 heterocycles. The van der Waals surface area contributed by atoms with E-state index in [9.17, 15) is 0 Å². The maximum atomic E-state index is 4.63. The number of rotatable bonds is 10. The molecule has 0 saturated carbocycles. The van der Waals surface area contributed by atoms with Gasteiger partial charge in [-0.3, -0.25) is 0 Å². The Kier molecular flexibility index (Phi) is 7.69. The first kappa shape index (κ1) is 18.3. The fraction of sp³-hybridized carbons (Fsp3) is 0.632. The van der Waals surface area contributed by atoms with Gasteiger partial charge >= 0.3 is 145 Å². The predicted octanol–water partition coefficient (Wildman–Crippen LogP) is 6.35. The van der Waals surface area contributed by atoms with Gasteiger partial charge in [0.2, 0.25) is 0 Å². The Morgan fingerprint density at radius 2 is 1.50 bits per heavy atom. The molecule has 1 nitrogen and oxygen atoms in total. The molecular formula is C19H31NSSn. The van der Waals surface area contributed by atoms with Gasteiger partial charge < -0.3 is 0 Å². The standard InChI is InChI=1S/C7H4NS.3C4H9.Sn/c1-3-8-5-6-2-4-9-7(1)6;3*1-3-4-2;/h2-5H;3*1,3-4H2,2H3;. The van der Waals surface area contributed by atoms with Crippen LogP contribution in [0.5, 0.6) is 0 Å². The van der Waals surface area contributed by atoms with Crippen molar-refractivity contribution in [1.29, 1.82) is 0 Å². The van der Waals surface area contributed by atoms with Gasteiger partial charge in [-0.05, 0) is 0 Å². The Morgan fingerprint density at radius 3 is 2.05 bits per heavy atom.